The smallest absolute Gasteiger partial charge is 0.322 e. The number of aromatic nitrogens is 6. The maximum Gasteiger partial charge on any atom is 0.322 e. The van der Waals surface area contributed by atoms with Crippen LogP contribution in [0.25, 0.3) is 5.95 Å². The normalized spacial score (nSPS) is 10.4. The van der Waals surface area contributed by atoms with Gasteiger partial charge in [0.2, 0.25) is 11.1 Å². The lowest BCUT2D eigenvalue weighted by atomic mass is 10.7. The summed E-state index contributed by atoms with van der Waals surface area (Å²) >= 11 is 1.45. The molecule has 96 valence electrons. The SMILES string of the molecule is CCNc1nc(OC)nc(-n2cnc(SC)n2)n1. The Kier molecular flexibility index (Phi) is 3.92. The second kappa shape index (κ2) is 5.63. The van der Waals surface area contributed by atoms with E-state index >= 15 is 0 Å². The predicted octanol–water partition coefficient (Wildman–Crippen LogP) is 0.615. The number of methoxy groups -OCH3 is 1. The Morgan fingerprint density at radius 2 is 2.22 bits per heavy atom. The lowest BCUT2D eigenvalue weighted by molar-refractivity contribution is 0.377. The maximum absolute atomic E-state index is 5.03. The van der Waals surface area contributed by atoms with Gasteiger partial charge in [-0.1, -0.05) is 11.8 Å². The molecule has 0 aliphatic rings. The standard InChI is InChI=1S/C9H13N7OS/c1-4-10-6-12-7(14-8(13-6)17-2)16-5-11-9(15-16)18-3/h5H,4H2,1-3H3,(H,10,12,13,14). The van der Waals surface area contributed by atoms with Crippen LogP contribution >= 0.6 is 11.8 Å². The van der Waals surface area contributed by atoms with Gasteiger partial charge in [-0.2, -0.15) is 19.6 Å². The summed E-state index contributed by atoms with van der Waals surface area (Å²) in [4.78, 5) is 16.5. The molecule has 0 saturated carbocycles. The highest BCUT2D eigenvalue weighted by molar-refractivity contribution is 7.98. The summed E-state index contributed by atoms with van der Waals surface area (Å²) in [7, 11) is 1.50. The predicted molar refractivity (Wildman–Crippen MR) is 67.2 cm³/mol. The molecule has 0 saturated heterocycles. The van der Waals surface area contributed by atoms with Crippen molar-refractivity contribution in [1.29, 1.82) is 0 Å². The maximum atomic E-state index is 5.03. The van der Waals surface area contributed by atoms with Crippen molar-refractivity contribution in [2.45, 2.75) is 12.1 Å². The molecule has 0 unspecified atom stereocenters. The van der Waals surface area contributed by atoms with Crippen molar-refractivity contribution in [3.05, 3.63) is 6.33 Å². The molecule has 0 atom stereocenters. The zero-order chi connectivity index (χ0) is 13.0. The minimum Gasteiger partial charge on any atom is -0.467 e. The molecule has 0 aliphatic heterocycles. The van der Waals surface area contributed by atoms with Crippen LogP contribution < -0.4 is 10.1 Å². The quantitative estimate of drug-likeness (QED) is 0.788. The Balaban J connectivity index is 2.39. The molecule has 8 nitrogen and oxygen atoms in total. The summed E-state index contributed by atoms with van der Waals surface area (Å²) in [5.74, 6) is 0.811. The van der Waals surface area contributed by atoms with E-state index in [0.29, 0.717) is 23.6 Å². The highest BCUT2D eigenvalue weighted by Crippen LogP contribution is 2.12. The summed E-state index contributed by atoms with van der Waals surface area (Å²) in [6.07, 6.45) is 3.45. The number of hydrogen-bond donors (Lipinski definition) is 1. The van der Waals surface area contributed by atoms with Crippen molar-refractivity contribution in [1.82, 2.24) is 29.7 Å². The first kappa shape index (κ1) is 12.6. The van der Waals surface area contributed by atoms with Gasteiger partial charge in [0.05, 0.1) is 7.11 Å². The topological polar surface area (TPSA) is 90.6 Å². The Labute approximate surface area is 108 Å². The van der Waals surface area contributed by atoms with Gasteiger partial charge in [0.1, 0.15) is 6.33 Å². The van der Waals surface area contributed by atoms with Gasteiger partial charge in [0.25, 0.3) is 5.95 Å². The van der Waals surface area contributed by atoms with Crippen molar-refractivity contribution >= 4 is 17.7 Å². The summed E-state index contributed by atoms with van der Waals surface area (Å²) < 4.78 is 6.51. The molecule has 0 amide bonds. The molecule has 0 aromatic carbocycles. The van der Waals surface area contributed by atoms with Crippen LogP contribution in [0.3, 0.4) is 0 Å². The summed E-state index contributed by atoms with van der Waals surface area (Å²) in [5, 5.41) is 7.86. The van der Waals surface area contributed by atoms with E-state index < -0.39 is 0 Å². The average Bonchev–Trinajstić information content (AvgIpc) is 2.87. The van der Waals surface area contributed by atoms with Crippen LogP contribution in [0.15, 0.2) is 11.5 Å². The van der Waals surface area contributed by atoms with Crippen molar-refractivity contribution in [2.75, 3.05) is 25.2 Å². The van der Waals surface area contributed by atoms with Crippen molar-refractivity contribution in [3.63, 3.8) is 0 Å². The number of anilines is 1. The molecule has 0 radical (unpaired) electrons. The van der Waals surface area contributed by atoms with Gasteiger partial charge in [0, 0.05) is 6.54 Å². The number of hydrogen-bond acceptors (Lipinski definition) is 8. The summed E-state index contributed by atoms with van der Waals surface area (Å²) in [6, 6.07) is 0.233. The molecule has 2 rings (SSSR count). The second-order valence-electron chi connectivity index (χ2n) is 3.15. The lowest BCUT2D eigenvalue weighted by Gasteiger charge is -2.05. The van der Waals surface area contributed by atoms with E-state index in [9.17, 15) is 0 Å². The molecule has 0 aliphatic carbocycles. The highest BCUT2D eigenvalue weighted by atomic mass is 32.2. The van der Waals surface area contributed by atoms with Crippen LogP contribution in [0, 0.1) is 0 Å². The second-order valence-corrected chi connectivity index (χ2v) is 3.93. The molecule has 2 aromatic rings. The summed E-state index contributed by atoms with van der Waals surface area (Å²) in [5.41, 5.74) is 0. The van der Waals surface area contributed by atoms with Crippen molar-refractivity contribution < 1.29 is 4.74 Å². The molecule has 0 spiro atoms. The van der Waals surface area contributed by atoms with Crippen LogP contribution in [0.5, 0.6) is 6.01 Å². The molecule has 18 heavy (non-hydrogen) atoms. The number of thioether (sulfide) groups is 1. The van der Waals surface area contributed by atoms with E-state index in [2.05, 4.69) is 30.4 Å². The lowest BCUT2D eigenvalue weighted by Crippen LogP contribution is -2.10. The van der Waals surface area contributed by atoms with Gasteiger partial charge >= 0.3 is 6.01 Å². The molecule has 0 bridgehead atoms. The third kappa shape index (κ3) is 2.67. The Bertz CT molecular complexity index is 529. The third-order valence-electron chi connectivity index (χ3n) is 1.98. The van der Waals surface area contributed by atoms with Crippen molar-refractivity contribution in [2.24, 2.45) is 0 Å². The largest absolute Gasteiger partial charge is 0.467 e. The first-order valence-electron chi connectivity index (χ1n) is 5.26. The Morgan fingerprint density at radius 3 is 2.83 bits per heavy atom. The molecule has 1 N–H and O–H groups in total. The fourth-order valence-corrected chi connectivity index (χ4v) is 1.54. The van der Waals surface area contributed by atoms with E-state index in [4.69, 9.17) is 4.74 Å². The van der Waals surface area contributed by atoms with E-state index in [1.165, 1.54) is 23.6 Å². The van der Waals surface area contributed by atoms with E-state index in [-0.39, 0.29) is 6.01 Å². The minimum atomic E-state index is 0.233. The fraction of sp³-hybridized carbons (Fsp3) is 0.444. The Hall–Kier alpha value is -1.90. The fourth-order valence-electron chi connectivity index (χ4n) is 1.21. The van der Waals surface area contributed by atoms with Gasteiger partial charge in [-0.15, -0.1) is 5.10 Å². The molecular weight excluding hydrogens is 254 g/mol. The van der Waals surface area contributed by atoms with Gasteiger partial charge < -0.3 is 10.1 Å². The zero-order valence-corrected chi connectivity index (χ0v) is 11.1. The number of nitrogens with one attached hydrogen (secondary N) is 1. The molecule has 9 heteroatoms. The Morgan fingerprint density at radius 1 is 1.39 bits per heavy atom. The minimum absolute atomic E-state index is 0.233. The van der Waals surface area contributed by atoms with Gasteiger partial charge in [-0.25, -0.2) is 4.98 Å². The van der Waals surface area contributed by atoms with Crippen molar-refractivity contribution in [3.8, 4) is 12.0 Å². The molecule has 0 fully saturated rings. The van der Waals surface area contributed by atoms with Gasteiger partial charge in [-0.05, 0) is 13.2 Å². The zero-order valence-electron chi connectivity index (χ0n) is 10.3. The first-order valence-corrected chi connectivity index (χ1v) is 6.49. The van der Waals surface area contributed by atoms with Crippen LogP contribution in [-0.2, 0) is 0 Å². The van der Waals surface area contributed by atoms with Gasteiger partial charge in [0.15, 0.2) is 0 Å². The third-order valence-corrected chi connectivity index (χ3v) is 2.53. The van der Waals surface area contributed by atoms with Crippen LogP contribution in [0.1, 0.15) is 6.92 Å². The molecular formula is C9H13N7OS. The van der Waals surface area contributed by atoms with Gasteiger partial charge in [-0.3, -0.25) is 0 Å². The number of nitrogens with zero attached hydrogens (tertiary/aromatic N) is 6. The van der Waals surface area contributed by atoms with E-state index in [1.807, 2.05) is 13.2 Å². The van der Waals surface area contributed by atoms with Crippen LogP contribution in [-0.4, -0.2) is 49.6 Å². The van der Waals surface area contributed by atoms with E-state index in [0.717, 1.165) is 0 Å². The summed E-state index contributed by atoms with van der Waals surface area (Å²) in [6.45, 7) is 2.66. The highest BCUT2D eigenvalue weighted by Gasteiger charge is 2.10. The van der Waals surface area contributed by atoms with Crippen LogP contribution in [0.2, 0.25) is 0 Å². The molecule has 2 aromatic heterocycles. The van der Waals surface area contributed by atoms with Crippen LogP contribution in [0.4, 0.5) is 5.95 Å². The number of rotatable bonds is 5. The average molecular weight is 267 g/mol. The first-order chi connectivity index (χ1) is 8.76. The number of ether oxygens (including phenoxy) is 1. The van der Waals surface area contributed by atoms with E-state index in [1.54, 1.807) is 6.33 Å². The monoisotopic (exact) mass is 267 g/mol. The molecule has 2 heterocycles.